The molecular weight excluding hydrogens is 759 g/mol. The second-order valence-corrected chi connectivity index (χ2v) is 20.7. The zero-order chi connectivity index (χ0) is 41.5. The molecule has 10 nitrogen and oxygen atoms in total. The Labute approximate surface area is 346 Å². The van der Waals surface area contributed by atoms with Gasteiger partial charge in [0.05, 0.1) is 51.3 Å². The zero-order valence-corrected chi connectivity index (χ0v) is 34.8. The van der Waals surface area contributed by atoms with Crippen LogP contribution in [0.3, 0.4) is 0 Å². The number of hydrogen-bond acceptors (Lipinski definition) is 7. The van der Waals surface area contributed by atoms with E-state index in [4.69, 9.17) is 14.2 Å². The van der Waals surface area contributed by atoms with Crippen LogP contribution in [-0.4, -0.2) is 68.7 Å². The number of benzene rings is 5. The summed E-state index contributed by atoms with van der Waals surface area (Å²) in [6.07, 6.45) is 1.04. The molecule has 0 saturated carbocycles. The highest BCUT2D eigenvalue weighted by Gasteiger charge is 2.66. The normalized spacial score (nSPS) is 20.7. The van der Waals surface area contributed by atoms with Gasteiger partial charge in [-0.15, -0.1) is 6.58 Å². The summed E-state index contributed by atoms with van der Waals surface area (Å²) in [5, 5.41) is 11.2. The molecule has 3 heterocycles. The molecule has 11 heteroatoms. The van der Waals surface area contributed by atoms with Gasteiger partial charge in [-0.3, -0.25) is 19.3 Å². The molecule has 3 aliphatic rings. The molecule has 302 valence electrons. The molecule has 1 N–H and O–H groups in total. The van der Waals surface area contributed by atoms with Crippen molar-refractivity contribution in [3.05, 3.63) is 151 Å². The quantitative estimate of drug-likeness (QED) is 0.101. The predicted octanol–water partition coefficient (Wildman–Crippen LogP) is 7.94. The minimum Gasteiger partial charge on any atom is -0.497 e. The van der Waals surface area contributed by atoms with E-state index in [9.17, 15) is 14.7 Å². The monoisotopic (exact) mass is 807 g/mol. The molecule has 3 amide bonds. The van der Waals surface area contributed by atoms with E-state index in [1.807, 2.05) is 97.1 Å². The van der Waals surface area contributed by atoms with Crippen LogP contribution in [0.5, 0.6) is 17.2 Å². The number of fused-ring (bicyclic) bond motifs is 4. The van der Waals surface area contributed by atoms with Crippen molar-refractivity contribution in [2.45, 2.75) is 50.2 Å². The van der Waals surface area contributed by atoms with Crippen LogP contribution in [-0.2, 0) is 26.5 Å². The minimum atomic E-state index is -2.61. The Hall–Kier alpha value is -6.01. The fraction of sp³-hybridized carbons (Fsp3) is 0.271. The van der Waals surface area contributed by atoms with Gasteiger partial charge in [0, 0.05) is 36.8 Å². The van der Waals surface area contributed by atoms with E-state index in [-0.39, 0.29) is 49.4 Å². The zero-order valence-electron chi connectivity index (χ0n) is 33.8. The average Bonchev–Trinajstić information content (AvgIpc) is 3.62. The second-order valence-electron chi connectivity index (χ2n) is 16.0. The van der Waals surface area contributed by atoms with Crippen LogP contribution < -0.4 is 24.5 Å². The van der Waals surface area contributed by atoms with Crippen molar-refractivity contribution in [3.8, 4) is 17.2 Å². The highest BCUT2D eigenvalue weighted by Crippen LogP contribution is 2.61. The van der Waals surface area contributed by atoms with Gasteiger partial charge in [-0.25, -0.2) is 0 Å². The Morgan fingerprint density at radius 2 is 1.61 bits per heavy atom. The lowest BCUT2D eigenvalue weighted by Crippen LogP contribution is -2.52. The highest BCUT2D eigenvalue weighted by molar-refractivity contribution is 6.91. The van der Waals surface area contributed by atoms with Crippen molar-refractivity contribution >= 4 is 48.0 Å². The molecule has 8 rings (SSSR count). The van der Waals surface area contributed by atoms with Crippen molar-refractivity contribution in [1.82, 2.24) is 4.90 Å². The van der Waals surface area contributed by atoms with Crippen LogP contribution in [0, 0.1) is 5.92 Å². The molecule has 4 atom stereocenters. The molecule has 1 saturated heterocycles. The Balaban J connectivity index is 1.27. The Morgan fingerprint density at radius 3 is 2.32 bits per heavy atom. The maximum atomic E-state index is 15.3. The molecule has 59 heavy (non-hydrogen) atoms. The molecule has 3 aliphatic heterocycles. The number of ether oxygens (including phenoxy) is 3. The number of carbonyl (C=O) groups excluding carboxylic acids is 3. The van der Waals surface area contributed by atoms with Crippen LogP contribution in [0.2, 0.25) is 18.6 Å². The van der Waals surface area contributed by atoms with E-state index in [1.54, 1.807) is 40.0 Å². The molecule has 5 aromatic carbocycles. The lowest BCUT2D eigenvalue weighted by molar-refractivity contribution is -0.149. The summed E-state index contributed by atoms with van der Waals surface area (Å²) in [6.45, 7) is 11.1. The van der Waals surface area contributed by atoms with Crippen molar-refractivity contribution < 1.29 is 33.7 Å². The van der Waals surface area contributed by atoms with E-state index >= 15 is 4.79 Å². The van der Waals surface area contributed by atoms with Gasteiger partial charge in [0.15, 0.2) is 11.4 Å². The van der Waals surface area contributed by atoms with Gasteiger partial charge in [-0.2, -0.15) is 0 Å². The molecule has 1 fully saturated rings. The first-order valence-corrected chi connectivity index (χ1v) is 23.1. The van der Waals surface area contributed by atoms with Gasteiger partial charge in [0.2, 0.25) is 5.91 Å². The number of methoxy groups -OCH3 is 1. The topological polar surface area (TPSA) is 109 Å². The van der Waals surface area contributed by atoms with Gasteiger partial charge >= 0.3 is 0 Å². The molecule has 0 bridgehead atoms. The SMILES string of the molecule is C=CCN1C(=O)[C@@]2(O[C@@H](CC(=O)N(CCO)Cc3ccccc3)[C@H]([Si](C)(C)c3ccc(OC)cc3)[C@H]2C)c2cc(N3C(=O)c4ccccc4Oc4ccccc43)ccc21. The third-order valence-corrected chi connectivity index (χ3v) is 16.7. The predicted molar refractivity (Wildman–Crippen MR) is 232 cm³/mol. The fourth-order valence-corrected chi connectivity index (χ4v) is 13.5. The van der Waals surface area contributed by atoms with Crippen LogP contribution in [0.1, 0.15) is 34.8 Å². The van der Waals surface area contributed by atoms with E-state index in [1.165, 1.54) is 0 Å². The first kappa shape index (κ1) is 39.8. The Morgan fingerprint density at radius 1 is 0.915 bits per heavy atom. The van der Waals surface area contributed by atoms with Crippen molar-refractivity contribution in [1.29, 1.82) is 0 Å². The summed E-state index contributed by atoms with van der Waals surface area (Å²) < 4.78 is 19.1. The summed E-state index contributed by atoms with van der Waals surface area (Å²) in [7, 11) is -0.972. The van der Waals surface area contributed by atoms with Gasteiger partial charge in [-0.05, 0) is 65.7 Å². The van der Waals surface area contributed by atoms with Crippen LogP contribution in [0.25, 0.3) is 0 Å². The third-order valence-electron chi connectivity index (χ3n) is 12.4. The Kier molecular flexibility index (Phi) is 10.8. The average molecular weight is 808 g/mol. The minimum absolute atomic E-state index is 0.00600. The summed E-state index contributed by atoms with van der Waals surface area (Å²) in [4.78, 5) is 49.4. The van der Waals surface area contributed by atoms with Crippen molar-refractivity contribution in [3.63, 3.8) is 0 Å². The number of amides is 3. The van der Waals surface area contributed by atoms with E-state index < -0.39 is 25.7 Å². The molecule has 1 spiro atoms. The summed E-state index contributed by atoms with van der Waals surface area (Å²) in [5.41, 5.74) is 2.04. The molecule has 0 unspecified atom stereocenters. The third kappa shape index (κ3) is 6.82. The van der Waals surface area contributed by atoms with Gasteiger partial charge in [-0.1, -0.05) is 98.0 Å². The summed E-state index contributed by atoms with van der Waals surface area (Å²) >= 11 is 0. The molecule has 0 aliphatic carbocycles. The summed E-state index contributed by atoms with van der Waals surface area (Å²) in [6, 6.07) is 38.0. The lowest BCUT2D eigenvalue weighted by Gasteiger charge is -2.37. The fourth-order valence-electron chi connectivity index (χ4n) is 9.53. The van der Waals surface area contributed by atoms with Crippen molar-refractivity contribution in [2.24, 2.45) is 5.92 Å². The maximum Gasteiger partial charge on any atom is 0.266 e. The van der Waals surface area contributed by atoms with Crippen molar-refractivity contribution in [2.75, 3.05) is 36.6 Å². The number of anilines is 3. The second kappa shape index (κ2) is 16.0. The van der Waals surface area contributed by atoms with Crippen LogP contribution >= 0.6 is 0 Å². The standard InChI is InChI=1S/C48H49N3O7Si/c1-6-26-50-39-25-20-34(51-40-17-11-13-19-42(40)57-41-18-12-10-16-37(41)46(51)54)29-38(39)48(47(50)55)32(2)45(59(4,5)36-23-21-35(56-3)22-24-36)43(58-48)30-44(53)49(27-28-52)31-33-14-8-7-9-15-33/h6-25,29,32,43,45,52H,1,26-28,30-31H2,2-5H3/t32-,43+,45-,48+/m1/s1. The smallest absolute Gasteiger partial charge is 0.266 e. The van der Waals surface area contributed by atoms with Gasteiger partial charge < -0.3 is 29.1 Å². The van der Waals surface area contributed by atoms with Gasteiger partial charge in [0.1, 0.15) is 11.5 Å². The Bertz CT molecular complexity index is 2400. The summed E-state index contributed by atoms with van der Waals surface area (Å²) in [5.74, 6) is 0.626. The number of para-hydroxylation sites is 3. The van der Waals surface area contributed by atoms with Crippen LogP contribution in [0.15, 0.2) is 134 Å². The molecule has 5 aromatic rings. The first-order valence-electron chi connectivity index (χ1n) is 20.1. The lowest BCUT2D eigenvalue weighted by atomic mass is 9.82. The molecule has 0 radical (unpaired) electrons. The van der Waals surface area contributed by atoms with E-state index in [2.05, 4.69) is 38.7 Å². The van der Waals surface area contributed by atoms with E-state index in [0.29, 0.717) is 46.2 Å². The van der Waals surface area contributed by atoms with Crippen LogP contribution in [0.4, 0.5) is 17.1 Å². The number of aliphatic hydroxyl groups is 1. The molecule has 0 aromatic heterocycles. The molecular formula is C48H49N3O7Si. The highest BCUT2D eigenvalue weighted by atomic mass is 28.3. The maximum absolute atomic E-state index is 15.3. The number of carbonyl (C=O) groups is 3. The van der Waals surface area contributed by atoms with Gasteiger partial charge in [0.25, 0.3) is 11.8 Å². The number of nitrogens with zero attached hydrogens (tertiary/aromatic N) is 3. The van der Waals surface area contributed by atoms with E-state index in [0.717, 1.165) is 16.5 Å². The number of hydrogen-bond donors (Lipinski definition) is 1. The number of rotatable bonds is 12. The largest absolute Gasteiger partial charge is 0.497 e. The first-order chi connectivity index (χ1) is 28.5. The number of aliphatic hydroxyl groups excluding tert-OH is 1.